The van der Waals surface area contributed by atoms with Gasteiger partial charge in [0.15, 0.2) is 0 Å². The van der Waals surface area contributed by atoms with Crippen molar-refractivity contribution in [1.82, 2.24) is 9.97 Å². The lowest BCUT2D eigenvalue weighted by molar-refractivity contribution is 0.478. The average molecular weight is 288 g/mol. The molecule has 2 heterocycles. The predicted molar refractivity (Wildman–Crippen MR) is 80.1 cm³/mol. The van der Waals surface area contributed by atoms with Crippen molar-refractivity contribution in [3.8, 4) is 0 Å². The summed E-state index contributed by atoms with van der Waals surface area (Å²) in [5.41, 5.74) is 2.68. The summed E-state index contributed by atoms with van der Waals surface area (Å²) in [6.45, 7) is 4.36. The van der Waals surface area contributed by atoms with Gasteiger partial charge in [-0.25, -0.2) is 4.98 Å². The molecule has 0 atom stereocenters. The lowest BCUT2D eigenvalue weighted by atomic mass is 10.2. The van der Waals surface area contributed by atoms with Gasteiger partial charge < -0.3 is 9.73 Å². The number of benzene rings is 1. The van der Waals surface area contributed by atoms with Crippen LogP contribution in [-0.4, -0.2) is 9.97 Å². The molecule has 1 N–H and O–H groups in total. The molecule has 0 bridgehead atoms. The van der Waals surface area contributed by atoms with Crippen molar-refractivity contribution in [3.05, 3.63) is 52.8 Å². The van der Waals surface area contributed by atoms with Crippen molar-refractivity contribution in [2.75, 3.05) is 5.32 Å². The van der Waals surface area contributed by atoms with E-state index in [1.165, 1.54) is 0 Å². The van der Waals surface area contributed by atoms with Crippen LogP contribution in [0, 0.1) is 13.8 Å². The van der Waals surface area contributed by atoms with Gasteiger partial charge in [-0.2, -0.15) is 0 Å². The molecule has 0 fully saturated rings. The first-order chi connectivity index (χ1) is 9.65. The second-order valence-electron chi connectivity index (χ2n) is 4.60. The van der Waals surface area contributed by atoms with Crippen LogP contribution in [0.15, 0.2) is 34.9 Å². The van der Waals surface area contributed by atoms with Crippen LogP contribution in [0.25, 0.3) is 10.9 Å². The molecule has 4 nitrogen and oxygen atoms in total. The predicted octanol–water partition coefficient (Wildman–Crippen LogP) is 4.11. The highest BCUT2D eigenvalue weighted by Crippen LogP contribution is 2.28. The molecule has 0 aliphatic carbocycles. The molecule has 2 aromatic heterocycles. The molecule has 0 radical (unpaired) electrons. The van der Waals surface area contributed by atoms with Gasteiger partial charge in [0, 0.05) is 11.6 Å². The minimum Gasteiger partial charge on any atom is -0.444 e. The molecule has 0 saturated heterocycles. The normalized spacial score (nSPS) is 10.9. The summed E-state index contributed by atoms with van der Waals surface area (Å²) in [6, 6.07) is 7.61. The maximum absolute atomic E-state index is 6.17. The Bertz CT molecular complexity index is 747. The highest BCUT2D eigenvalue weighted by molar-refractivity contribution is 6.35. The largest absolute Gasteiger partial charge is 0.444 e. The van der Waals surface area contributed by atoms with Crippen LogP contribution >= 0.6 is 11.6 Å². The van der Waals surface area contributed by atoms with Gasteiger partial charge >= 0.3 is 0 Å². The molecule has 5 heteroatoms. The Morgan fingerprint density at radius 1 is 1.25 bits per heavy atom. The molecular weight excluding hydrogens is 274 g/mol. The van der Waals surface area contributed by atoms with Crippen molar-refractivity contribution in [2.24, 2.45) is 0 Å². The van der Waals surface area contributed by atoms with Gasteiger partial charge in [-0.05, 0) is 38.1 Å². The number of aromatic nitrogens is 2. The number of pyridine rings is 1. The summed E-state index contributed by atoms with van der Waals surface area (Å²) >= 11 is 6.17. The number of aryl methyl sites for hydroxylation is 2. The first-order valence-corrected chi connectivity index (χ1v) is 6.73. The van der Waals surface area contributed by atoms with Crippen LogP contribution in [0.3, 0.4) is 0 Å². The second-order valence-corrected chi connectivity index (χ2v) is 5.00. The molecular formula is C15H14ClN3O. The summed E-state index contributed by atoms with van der Waals surface area (Å²) in [6.07, 6.45) is 1.75. The zero-order valence-electron chi connectivity index (χ0n) is 11.3. The van der Waals surface area contributed by atoms with Gasteiger partial charge in [-0.3, -0.25) is 4.98 Å². The molecule has 102 valence electrons. The van der Waals surface area contributed by atoms with Crippen molar-refractivity contribution in [3.63, 3.8) is 0 Å². The van der Waals surface area contributed by atoms with Crippen LogP contribution < -0.4 is 5.32 Å². The van der Waals surface area contributed by atoms with E-state index >= 15 is 0 Å². The second kappa shape index (κ2) is 5.13. The Hall–Kier alpha value is -2.07. The molecule has 3 aromatic rings. The van der Waals surface area contributed by atoms with Gasteiger partial charge in [-0.1, -0.05) is 11.6 Å². The van der Waals surface area contributed by atoms with Crippen LogP contribution in [0.1, 0.15) is 17.3 Å². The number of oxazole rings is 1. The highest BCUT2D eigenvalue weighted by atomic mass is 35.5. The Labute approximate surface area is 121 Å². The van der Waals surface area contributed by atoms with Crippen molar-refractivity contribution in [2.45, 2.75) is 20.4 Å². The molecule has 0 saturated carbocycles. The number of hydrogen-bond acceptors (Lipinski definition) is 4. The fourth-order valence-corrected chi connectivity index (χ4v) is 2.28. The number of fused-ring (bicyclic) bond motifs is 1. The third-order valence-electron chi connectivity index (χ3n) is 3.22. The van der Waals surface area contributed by atoms with Gasteiger partial charge in [0.2, 0.25) is 5.89 Å². The van der Waals surface area contributed by atoms with E-state index in [1.807, 2.05) is 38.1 Å². The third-order valence-corrected chi connectivity index (χ3v) is 3.55. The van der Waals surface area contributed by atoms with E-state index in [0.29, 0.717) is 17.5 Å². The SMILES string of the molecule is Cc1nc(CNc2ccc(Cl)c3cccnc23)oc1C. The summed E-state index contributed by atoms with van der Waals surface area (Å²) in [4.78, 5) is 8.73. The number of nitrogens with zero attached hydrogens (tertiary/aromatic N) is 2. The van der Waals surface area contributed by atoms with Crippen LogP contribution in [0.4, 0.5) is 5.69 Å². The maximum atomic E-state index is 6.17. The van der Waals surface area contributed by atoms with E-state index in [4.69, 9.17) is 16.0 Å². The number of hydrogen-bond donors (Lipinski definition) is 1. The minimum atomic E-state index is 0.516. The Morgan fingerprint density at radius 3 is 2.85 bits per heavy atom. The Kier molecular flexibility index (Phi) is 3.32. The van der Waals surface area contributed by atoms with E-state index in [0.717, 1.165) is 28.0 Å². The first-order valence-electron chi connectivity index (χ1n) is 6.35. The molecule has 0 amide bonds. The lowest BCUT2D eigenvalue weighted by Crippen LogP contribution is -2.01. The fraction of sp³-hybridized carbons (Fsp3) is 0.200. The quantitative estimate of drug-likeness (QED) is 0.788. The summed E-state index contributed by atoms with van der Waals surface area (Å²) in [5.74, 6) is 1.51. The molecule has 3 rings (SSSR count). The number of anilines is 1. The zero-order valence-corrected chi connectivity index (χ0v) is 12.0. The maximum Gasteiger partial charge on any atom is 0.213 e. The van der Waals surface area contributed by atoms with E-state index in [9.17, 15) is 0 Å². The molecule has 0 unspecified atom stereocenters. The smallest absolute Gasteiger partial charge is 0.213 e. The van der Waals surface area contributed by atoms with E-state index < -0.39 is 0 Å². The third kappa shape index (κ3) is 2.34. The molecule has 1 aromatic carbocycles. The number of nitrogens with one attached hydrogen (secondary N) is 1. The number of halogens is 1. The van der Waals surface area contributed by atoms with Crippen LogP contribution in [0.5, 0.6) is 0 Å². The van der Waals surface area contributed by atoms with Gasteiger partial charge in [0.25, 0.3) is 0 Å². The van der Waals surface area contributed by atoms with E-state index in [1.54, 1.807) is 6.20 Å². The van der Waals surface area contributed by atoms with Crippen molar-refractivity contribution >= 4 is 28.2 Å². The molecule has 0 aliphatic rings. The van der Waals surface area contributed by atoms with Crippen molar-refractivity contribution < 1.29 is 4.42 Å². The molecule has 0 spiro atoms. The highest BCUT2D eigenvalue weighted by Gasteiger charge is 2.08. The standard InChI is InChI=1S/C15H14ClN3O/c1-9-10(2)20-14(19-9)8-18-13-6-5-12(16)11-4-3-7-17-15(11)13/h3-7,18H,8H2,1-2H3. The summed E-state index contributed by atoms with van der Waals surface area (Å²) in [7, 11) is 0. The van der Waals surface area contributed by atoms with Gasteiger partial charge in [-0.15, -0.1) is 0 Å². The minimum absolute atomic E-state index is 0.516. The van der Waals surface area contributed by atoms with Crippen LogP contribution in [0.2, 0.25) is 5.02 Å². The van der Waals surface area contributed by atoms with E-state index in [-0.39, 0.29) is 0 Å². The van der Waals surface area contributed by atoms with E-state index in [2.05, 4.69) is 15.3 Å². The summed E-state index contributed by atoms with van der Waals surface area (Å²) in [5, 5.41) is 4.92. The Morgan fingerprint density at radius 2 is 2.10 bits per heavy atom. The first kappa shape index (κ1) is 12.9. The molecule has 0 aliphatic heterocycles. The monoisotopic (exact) mass is 287 g/mol. The zero-order chi connectivity index (χ0) is 14.1. The van der Waals surface area contributed by atoms with Crippen molar-refractivity contribution in [1.29, 1.82) is 0 Å². The fourth-order valence-electron chi connectivity index (χ4n) is 2.07. The van der Waals surface area contributed by atoms with Crippen LogP contribution in [-0.2, 0) is 6.54 Å². The Balaban J connectivity index is 1.89. The summed E-state index contributed by atoms with van der Waals surface area (Å²) < 4.78 is 5.55. The average Bonchev–Trinajstić information content (AvgIpc) is 2.77. The number of rotatable bonds is 3. The topological polar surface area (TPSA) is 51.0 Å². The molecule has 20 heavy (non-hydrogen) atoms. The van der Waals surface area contributed by atoms with Gasteiger partial charge in [0.05, 0.1) is 28.5 Å². The van der Waals surface area contributed by atoms with Gasteiger partial charge in [0.1, 0.15) is 5.76 Å². The lowest BCUT2D eigenvalue weighted by Gasteiger charge is -2.08.